The van der Waals surface area contributed by atoms with Crippen molar-refractivity contribution in [3.63, 3.8) is 0 Å². The number of rotatable bonds is 6. The monoisotopic (exact) mass is 269 g/mol. The third-order valence-corrected chi connectivity index (χ3v) is 2.99. The van der Waals surface area contributed by atoms with E-state index in [1.54, 1.807) is 13.0 Å². The zero-order valence-electron chi connectivity index (χ0n) is 10.1. The summed E-state index contributed by atoms with van der Waals surface area (Å²) >= 11 is 5.97. The van der Waals surface area contributed by atoms with Gasteiger partial charge in [-0.05, 0) is 24.5 Å². The molecule has 5 heteroatoms. The predicted molar refractivity (Wildman–Crippen MR) is 69.6 cm³/mol. The Morgan fingerprint density at radius 1 is 1.39 bits per heavy atom. The largest absolute Gasteiger partial charge is 0.480 e. The van der Waals surface area contributed by atoms with Gasteiger partial charge in [-0.1, -0.05) is 36.7 Å². The Hall–Kier alpha value is -1.55. The van der Waals surface area contributed by atoms with Crippen LogP contribution < -0.4 is 5.32 Å². The third kappa shape index (κ3) is 4.37. The summed E-state index contributed by atoms with van der Waals surface area (Å²) < 4.78 is 0. The van der Waals surface area contributed by atoms with Crippen LogP contribution in [0.3, 0.4) is 0 Å². The van der Waals surface area contributed by atoms with E-state index in [4.69, 9.17) is 16.7 Å². The molecule has 1 aromatic rings. The van der Waals surface area contributed by atoms with Gasteiger partial charge in [-0.2, -0.15) is 0 Å². The van der Waals surface area contributed by atoms with Crippen molar-refractivity contribution >= 4 is 23.5 Å². The Labute approximate surface area is 111 Å². The quantitative estimate of drug-likeness (QED) is 0.832. The highest BCUT2D eigenvalue weighted by molar-refractivity contribution is 6.31. The molecule has 98 valence electrons. The molecule has 0 heterocycles. The standard InChI is InChI=1S/C13H16ClNO3/c1-2-11(13(17)18)15-12(16)8-7-9-5-3-4-6-10(9)14/h3-6,11H,2,7-8H2,1H3,(H,15,16)(H,17,18). The van der Waals surface area contributed by atoms with Crippen LogP contribution in [0, 0.1) is 0 Å². The minimum Gasteiger partial charge on any atom is -0.480 e. The maximum Gasteiger partial charge on any atom is 0.326 e. The van der Waals surface area contributed by atoms with Crippen LogP contribution in [0.2, 0.25) is 5.02 Å². The minimum atomic E-state index is -1.01. The number of hydrogen-bond donors (Lipinski definition) is 2. The van der Waals surface area contributed by atoms with Crippen LogP contribution in [0.1, 0.15) is 25.3 Å². The van der Waals surface area contributed by atoms with Crippen LogP contribution in [-0.4, -0.2) is 23.0 Å². The van der Waals surface area contributed by atoms with Gasteiger partial charge in [0.2, 0.25) is 5.91 Å². The van der Waals surface area contributed by atoms with Crippen LogP contribution in [0.25, 0.3) is 0 Å². The lowest BCUT2D eigenvalue weighted by atomic mass is 10.1. The second-order valence-electron chi connectivity index (χ2n) is 3.96. The number of carbonyl (C=O) groups is 2. The van der Waals surface area contributed by atoms with Crippen LogP contribution in [-0.2, 0) is 16.0 Å². The molecule has 0 saturated heterocycles. The Kier molecular flexibility index (Phi) is 5.65. The van der Waals surface area contributed by atoms with Crippen molar-refractivity contribution in [1.29, 1.82) is 0 Å². The lowest BCUT2D eigenvalue weighted by Crippen LogP contribution is -2.40. The van der Waals surface area contributed by atoms with Gasteiger partial charge < -0.3 is 10.4 Å². The van der Waals surface area contributed by atoms with Crippen molar-refractivity contribution in [2.45, 2.75) is 32.2 Å². The lowest BCUT2D eigenvalue weighted by Gasteiger charge is -2.12. The number of carboxylic acid groups (broad SMARTS) is 1. The number of aryl methyl sites for hydroxylation is 1. The van der Waals surface area contributed by atoms with E-state index >= 15 is 0 Å². The highest BCUT2D eigenvalue weighted by atomic mass is 35.5. The first-order valence-corrected chi connectivity index (χ1v) is 6.18. The van der Waals surface area contributed by atoms with E-state index in [-0.39, 0.29) is 12.3 Å². The first-order chi connectivity index (χ1) is 8.54. The van der Waals surface area contributed by atoms with Gasteiger partial charge in [0.05, 0.1) is 0 Å². The molecule has 0 aromatic heterocycles. The smallest absolute Gasteiger partial charge is 0.326 e. The van der Waals surface area contributed by atoms with Crippen LogP contribution >= 0.6 is 11.6 Å². The zero-order valence-corrected chi connectivity index (χ0v) is 10.9. The molecule has 1 unspecified atom stereocenters. The van der Waals surface area contributed by atoms with Crippen LogP contribution in [0.5, 0.6) is 0 Å². The summed E-state index contributed by atoms with van der Waals surface area (Å²) in [4.78, 5) is 22.3. The molecule has 0 aliphatic rings. The number of carbonyl (C=O) groups excluding carboxylic acids is 1. The summed E-state index contributed by atoms with van der Waals surface area (Å²) in [6, 6.07) is 6.48. The van der Waals surface area contributed by atoms with Crippen molar-refractivity contribution in [3.05, 3.63) is 34.9 Å². The molecule has 1 amide bonds. The van der Waals surface area contributed by atoms with Crippen molar-refractivity contribution < 1.29 is 14.7 Å². The molecule has 1 aromatic carbocycles. The van der Waals surface area contributed by atoms with E-state index in [9.17, 15) is 9.59 Å². The van der Waals surface area contributed by atoms with Gasteiger partial charge >= 0.3 is 5.97 Å². The number of nitrogens with one attached hydrogen (secondary N) is 1. The zero-order chi connectivity index (χ0) is 13.5. The highest BCUT2D eigenvalue weighted by Crippen LogP contribution is 2.16. The number of aliphatic carboxylic acids is 1. The minimum absolute atomic E-state index is 0.230. The molecular formula is C13H16ClNO3. The van der Waals surface area contributed by atoms with Crippen molar-refractivity contribution in [2.24, 2.45) is 0 Å². The molecule has 0 aliphatic heterocycles. The maximum absolute atomic E-state index is 11.6. The van der Waals surface area contributed by atoms with Crippen molar-refractivity contribution in [2.75, 3.05) is 0 Å². The van der Waals surface area contributed by atoms with E-state index in [0.29, 0.717) is 17.9 Å². The second kappa shape index (κ2) is 7.01. The molecule has 0 aliphatic carbocycles. The molecule has 0 bridgehead atoms. The Morgan fingerprint density at radius 2 is 2.06 bits per heavy atom. The second-order valence-corrected chi connectivity index (χ2v) is 4.37. The topological polar surface area (TPSA) is 66.4 Å². The number of amides is 1. The molecule has 2 N–H and O–H groups in total. The van der Waals surface area contributed by atoms with E-state index in [1.165, 1.54) is 0 Å². The summed E-state index contributed by atoms with van der Waals surface area (Å²) in [5.74, 6) is -1.28. The molecule has 0 radical (unpaired) electrons. The van der Waals surface area contributed by atoms with E-state index in [1.807, 2.05) is 18.2 Å². The fourth-order valence-electron chi connectivity index (χ4n) is 1.55. The number of halogens is 1. The molecular weight excluding hydrogens is 254 g/mol. The van der Waals surface area contributed by atoms with Gasteiger partial charge in [0.15, 0.2) is 0 Å². The van der Waals surface area contributed by atoms with Crippen molar-refractivity contribution in [3.8, 4) is 0 Å². The molecule has 1 rings (SSSR count). The van der Waals surface area contributed by atoms with Crippen LogP contribution in [0.15, 0.2) is 24.3 Å². The summed E-state index contributed by atoms with van der Waals surface area (Å²) in [7, 11) is 0. The Balaban J connectivity index is 2.47. The van der Waals surface area contributed by atoms with Gasteiger partial charge in [0.1, 0.15) is 6.04 Å². The fourth-order valence-corrected chi connectivity index (χ4v) is 1.78. The predicted octanol–water partition coefficient (Wildman–Crippen LogP) is 2.25. The summed E-state index contributed by atoms with van der Waals surface area (Å²) in [6.45, 7) is 1.72. The van der Waals surface area contributed by atoms with E-state index in [0.717, 1.165) is 5.56 Å². The van der Waals surface area contributed by atoms with E-state index < -0.39 is 12.0 Å². The number of benzene rings is 1. The SMILES string of the molecule is CCC(NC(=O)CCc1ccccc1Cl)C(=O)O. The summed E-state index contributed by atoms with van der Waals surface area (Å²) in [5.41, 5.74) is 0.887. The molecule has 0 saturated carbocycles. The van der Waals surface area contributed by atoms with Crippen LogP contribution in [0.4, 0.5) is 0 Å². The average Bonchev–Trinajstić information content (AvgIpc) is 2.34. The maximum atomic E-state index is 11.6. The van der Waals surface area contributed by atoms with Crippen molar-refractivity contribution in [1.82, 2.24) is 5.32 Å². The number of hydrogen-bond acceptors (Lipinski definition) is 2. The Bertz CT molecular complexity index is 434. The van der Waals surface area contributed by atoms with Gasteiger partial charge in [-0.25, -0.2) is 4.79 Å². The van der Waals surface area contributed by atoms with Gasteiger partial charge in [0.25, 0.3) is 0 Å². The number of carboxylic acids is 1. The summed E-state index contributed by atoms with van der Waals surface area (Å²) in [6.07, 6.45) is 1.10. The lowest BCUT2D eigenvalue weighted by molar-refractivity contribution is -0.141. The van der Waals surface area contributed by atoms with Gasteiger partial charge in [-0.15, -0.1) is 0 Å². The van der Waals surface area contributed by atoms with Gasteiger partial charge in [0, 0.05) is 11.4 Å². The van der Waals surface area contributed by atoms with E-state index in [2.05, 4.69) is 5.32 Å². The van der Waals surface area contributed by atoms with Gasteiger partial charge in [-0.3, -0.25) is 4.79 Å². The molecule has 0 fully saturated rings. The Morgan fingerprint density at radius 3 is 2.61 bits per heavy atom. The molecule has 0 spiro atoms. The highest BCUT2D eigenvalue weighted by Gasteiger charge is 2.17. The third-order valence-electron chi connectivity index (χ3n) is 2.62. The first kappa shape index (κ1) is 14.5. The summed E-state index contributed by atoms with van der Waals surface area (Å²) in [5, 5.41) is 11.9. The molecule has 4 nitrogen and oxygen atoms in total. The molecule has 18 heavy (non-hydrogen) atoms. The average molecular weight is 270 g/mol. The first-order valence-electron chi connectivity index (χ1n) is 5.80. The normalized spacial score (nSPS) is 11.9. The fraction of sp³-hybridized carbons (Fsp3) is 0.385. The molecule has 1 atom stereocenters.